The van der Waals surface area contributed by atoms with E-state index in [1.807, 2.05) is 6.92 Å². The monoisotopic (exact) mass is 209 g/mol. The van der Waals surface area contributed by atoms with E-state index >= 15 is 0 Å². The summed E-state index contributed by atoms with van der Waals surface area (Å²) >= 11 is 0. The van der Waals surface area contributed by atoms with Crippen molar-refractivity contribution in [2.45, 2.75) is 26.3 Å². The largest absolute Gasteiger partial charge is 0.480 e. The molecule has 2 N–H and O–H groups in total. The molecular weight excluding hydrogens is 194 g/mol. The fourth-order valence-electron chi connectivity index (χ4n) is 0.876. The molecule has 0 rings (SSSR count). The van der Waals surface area contributed by atoms with Crippen LogP contribution in [0.3, 0.4) is 0 Å². The molecule has 0 bridgehead atoms. The number of carboxylic acids is 1. The Bertz CT molecular complexity index is 272. The van der Waals surface area contributed by atoms with Gasteiger partial charge in [-0.05, 0) is 5.92 Å². The third-order valence-electron chi connectivity index (χ3n) is 1.82. The van der Waals surface area contributed by atoms with Gasteiger partial charge in [-0.2, -0.15) is 0 Å². The molecule has 0 aliphatic carbocycles. The van der Waals surface area contributed by atoms with E-state index in [0.29, 0.717) is 6.42 Å². The molecule has 0 heterocycles. The van der Waals surface area contributed by atoms with E-state index in [-0.39, 0.29) is 5.92 Å². The van der Waals surface area contributed by atoms with Gasteiger partial charge in [0.2, 0.25) is 10.0 Å². The minimum atomic E-state index is -3.45. The van der Waals surface area contributed by atoms with Crippen molar-refractivity contribution >= 4 is 16.0 Å². The molecule has 5 nitrogen and oxygen atoms in total. The molecule has 13 heavy (non-hydrogen) atoms. The number of hydrogen-bond acceptors (Lipinski definition) is 3. The molecule has 0 spiro atoms. The van der Waals surface area contributed by atoms with Crippen LogP contribution in [-0.2, 0) is 14.8 Å². The zero-order chi connectivity index (χ0) is 10.6. The number of aliphatic carboxylic acids is 1. The lowest BCUT2D eigenvalue weighted by atomic mass is 10.0. The van der Waals surface area contributed by atoms with Crippen LogP contribution in [0.4, 0.5) is 0 Å². The second kappa shape index (κ2) is 4.57. The molecule has 0 amide bonds. The van der Waals surface area contributed by atoms with Gasteiger partial charge in [-0.1, -0.05) is 20.3 Å². The summed E-state index contributed by atoms with van der Waals surface area (Å²) in [5, 5.41) is 8.71. The highest BCUT2D eigenvalue weighted by atomic mass is 32.2. The highest BCUT2D eigenvalue weighted by Gasteiger charge is 2.26. The Morgan fingerprint density at radius 2 is 2.00 bits per heavy atom. The zero-order valence-corrected chi connectivity index (χ0v) is 8.76. The maximum absolute atomic E-state index is 10.8. The molecule has 0 aromatic heterocycles. The molecule has 0 aliphatic heterocycles. The van der Waals surface area contributed by atoms with Gasteiger partial charge in [0.25, 0.3) is 0 Å². The normalized spacial score (nSPS) is 16.5. The van der Waals surface area contributed by atoms with Crippen molar-refractivity contribution in [2.75, 3.05) is 6.26 Å². The van der Waals surface area contributed by atoms with E-state index in [9.17, 15) is 13.2 Å². The van der Waals surface area contributed by atoms with Crippen molar-refractivity contribution in [2.24, 2.45) is 5.92 Å². The lowest BCUT2D eigenvalue weighted by Crippen LogP contribution is -2.44. The Morgan fingerprint density at radius 1 is 1.54 bits per heavy atom. The fraction of sp³-hybridized carbons (Fsp3) is 0.857. The lowest BCUT2D eigenvalue weighted by Gasteiger charge is -2.18. The predicted octanol–water partition coefficient (Wildman–Crippen LogP) is 0.0349. The molecule has 78 valence electrons. The van der Waals surface area contributed by atoms with Gasteiger partial charge in [-0.3, -0.25) is 4.79 Å². The third kappa shape index (κ3) is 4.84. The first kappa shape index (κ1) is 12.4. The molecule has 6 heteroatoms. The highest BCUT2D eigenvalue weighted by molar-refractivity contribution is 7.88. The van der Waals surface area contributed by atoms with E-state index in [1.54, 1.807) is 6.92 Å². The minimum absolute atomic E-state index is 0.216. The van der Waals surface area contributed by atoms with Gasteiger partial charge in [-0.25, -0.2) is 13.1 Å². The number of carboxylic acid groups (broad SMARTS) is 1. The molecule has 0 radical (unpaired) electrons. The molecule has 0 aromatic carbocycles. The second-order valence-electron chi connectivity index (χ2n) is 3.09. The Hall–Kier alpha value is -0.620. The molecular formula is C7H15NO4S. The van der Waals surface area contributed by atoms with Gasteiger partial charge in [0.15, 0.2) is 0 Å². The van der Waals surface area contributed by atoms with Gasteiger partial charge in [-0.15, -0.1) is 0 Å². The molecule has 0 fully saturated rings. The van der Waals surface area contributed by atoms with E-state index in [0.717, 1.165) is 6.26 Å². The Balaban J connectivity index is 4.54. The van der Waals surface area contributed by atoms with E-state index < -0.39 is 22.0 Å². The number of hydrogen-bond donors (Lipinski definition) is 2. The van der Waals surface area contributed by atoms with Gasteiger partial charge in [0, 0.05) is 0 Å². The van der Waals surface area contributed by atoms with Gasteiger partial charge < -0.3 is 5.11 Å². The second-order valence-corrected chi connectivity index (χ2v) is 4.87. The topological polar surface area (TPSA) is 83.5 Å². The molecule has 0 saturated heterocycles. The number of sulfonamides is 1. The van der Waals surface area contributed by atoms with Crippen LogP contribution in [0, 0.1) is 5.92 Å². The van der Waals surface area contributed by atoms with Crippen molar-refractivity contribution in [3.05, 3.63) is 0 Å². The summed E-state index contributed by atoms with van der Waals surface area (Å²) in [7, 11) is -3.45. The molecule has 0 aliphatic rings. The number of carbonyl (C=O) groups is 1. The maximum Gasteiger partial charge on any atom is 0.322 e. The SMILES string of the molecule is CCC(C)[C@@H](NS(C)(=O)=O)C(=O)O. The fourth-order valence-corrected chi connectivity index (χ4v) is 1.67. The third-order valence-corrected chi connectivity index (χ3v) is 2.50. The van der Waals surface area contributed by atoms with Gasteiger partial charge in [0.05, 0.1) is 6.26 Å². The standard InChI is InChI=1S/C7H15NO4S/c1-4-5(2)6(7(9)10)8-13(3,11)12/h5-6,8H,4H2,1-3H3,(H,9,10)/t5?,6-/m1/s1. The Labute approximate surface area is 78.2 Å². The summed E-state index contributed by atoms with van der Waals surface area (Å²) in [6.45, 7) is 3.50. The summed E-state index contributed by atoms with van der Waals surface area (Å²) < 4.78 is 23.7. The summed E-state index contributed by atoms with van der Waals surface area (Å²) in [6.07, 6.45) is 1.56. The van der Waals surface area contributed by atoms with Crippen molar-refractivity contribution in [1.29, 1.82) is 0 Å². The Morgan fingerprint density at radius 3 is 2.23 bits per heavy atom. The van der Waals surface area contributed by atoms with Crippen molar-refractivity contribution < 1.29 is 18.3 Å². The van der Waals surface area contributed by atoms with Gasteiger partial charge >= 0.3 is 5.97 Å². The van der Waals surface area contributed by atoms with Crippen LogP contribution in [0.2, 0.25) is 0 Å². The first-order chi connectivity index (χ1) is 5.78. The van der Waals surface area contributed by atoms with Crippen molar-refractivity contribution in [1.82, 2.24) is 4.72 Å². The van der Waals surface area contributed by atoms with Crippen molar-refractivity contribution in [3.8, 4) is 0 Å². The van der Waals surface area contributed by atoms with Gasteiger partial charge in [0.1, 0.15) is 6.04 Å². The predicted molar refractivity (Wildman–Crippen MR) is 48.9 cm³/mol. The minimum Gasteiger partial charge on any atom is -0.480 e. The summed E-state index contributed by atoms with van der Waals surface area (Å²) in [6, 6.07) is -1.03. The first-order valence-corrected chi connectivity index (χ1v) is 5.87. The van der Waals surface area contributed by atoms with E-state index in [2.05, 4.69) is 4.72 Å². The molecule has 2 atom stereocenters. The summed E-state index contributed by atoms with van der Waals surface area (Å²) in [5.41, 5.74) is 0. The Kier molecular flexibility index (Phi) is 4.35. The molecule has 0 saturated carbocycles. The maximum atomic E-state index is 10.8. The van der Waals surface area contributed by atoms with Crippen LogP contribution < -0.4 is 4.72 Å². The number of rotatable bonds is 5. The van der Waals surface area contributed by atoms with Crippen LogP contribution >= 0.6 is 0 Å². The lowest BCUT2D eigenvalue weighted by molar-refractivity contribution is -0.140. The van der Waals surface area contributed by atoms with Crippen molar-refractivity contribution in [3.63, 3.8) is 0 Å². The quantitative estimate of drug-likeness (QED) is 0.669. The summed E-state index contributed by atoms with van der Waals surface area (Å²) in [4.78, 5) is 10.7. The highest BCUT2D eigenvalue weighted by Crippen LogP contribution is 2.08. The van der Waals surface area contributed by atoms with Crippen LogP contribution in [0.1, 0.15) is 20.3 Å². The average Bonchev–Trinajstić information content (AvgIpc) is 1.96. The average molecular weight is 209 g/mol. The molecule has 0 aromatic rings. The smallest absolute Gasteiger partial charge is 0.322 e. The first-order valence-electron chi connectivity index (χ1n) is 3.98. The van der Waals surface area contributed by atoms with Crippen LogP contribution in [0.15, 0.2) is 0 Å². The number of nitrogens with one attached hydrogen (secondary N) is 1. The van der Waals surface area contributed by atoms with E-state index in [4.69, 9.17) is 5.11 Å². The van der Waals surface area contributed by atoms with Crippen LogP contribution in [0.5, 0.6) is 0 Å². The van der Waals surface area contributed by atoms with E-state index in [1.165, 1.54) is 0 Å². The van der Waals surface area contributed by atoms with Crippen LogP contribution in [0.25, 0.3) is 0 Å². The molecule has 1 unspecified atom stereocenters. The van der Waals surface area contributed by atoms with Crippen LogP contribution in [-0.4, -0.2) is 31.8 Å². The zero-order valence-electron chi connectivity index (χ0n) is 7.94. The summed E-state index contributed by atoms with van der Waals surface area (Å²) in [5.74, 6) is -1.35.